The van der Waals surface area contributed by atoms with E-state index in [4.69, 9.17) is 4.74 Å². The summed E-state index contributed by atoms with van der Waals surface area (Å²) in [4.78, 5) is 23.7. The molecule has 5 nitrogen and oxygen atoms in total. The third kappa shape index (κ3) is 3.98. The molecule has 0 aliphatic carbocycles. The highest BCUT2D eigenvalue weighted by molar-refractivity contribution is 5.87. The zero-order valence-electron chi connectivity index (χ0n) is 11.7. The van der Waals surface area contributed by atoms with Crippen molar-refractivity contribution in [2.45, 2.75) is 45.7 Å². The summed E-state index contributed by atoms with van der Waals surface area (Å²) < 4.78 is 4.71. The summed E-state index contributed by atoms with van der Waals surface area (Å²) >= 11 is 0. The van der Waals surface area contributed by atoms with Crippen molar-refractivity contribution in [3.63, 3.8) is 0 Å². The Morgan fingerprint density at radius 1 is 1.39 bits per heavy atom. The first-order chi connectivity index (χ1) is 8.45. The maximum atomic E-state index is 12.1. The average Bonchev–Trinajstić information content (AvgIpc) is 2.34. The lowest BCUT2D eigenvalue weighted by Crippen LogP contribution is -2.54. The number of methoxy groups -OCH3 is 1. The van der Waals surface area contributed by atoms with Crippen molar-refractivity contribution < 1.29 is 14.3 Å². The fourth-order valence-electron chi connectivity index (χ4n) is 2.19. The third-order valence-electron chi connectivity index (χ3n) is 3.40. The van der Waals surface area contributed by atoms with Gasteiger partial charge in [0.25, 0.3) is 0 Å². The lowest BCUT2D eigenvalue weighted by atomic mass is 9.93. The zero-order valence-corrected chi connectivity index (χ0v) is 11.7. The average molecular weight is 256 g/mol. The summed E-state index contributed by atoms with van der Waals surface area (Å²) in [5, 5.41) is 5.97. The lowest BCUT2D eigenvalue weighted by molar-refractivity contribution is -0.146. The maximum Gasteiger partial charge on any atom is 0.328 e. The van der Waals surface area contributed by atoms with Crippen LogP contribution in [0.1, 0.15) is 33.6 Å². The van der Waals surface area contributed by atoms with Crippen LogP contribution in [0.15, 0.2) is 0 Å². The molecule has 0 radical (unpaired) electrons. The summed E-state index contributed by atoms with van der Waals surface area (Å²) in [5.41, 5.74) is 0. The summed E-state index contributed by atoms with van der Waals surface area (Å²) in [5.74, 6) is 0.0629. The summed E-state index contributed by atoms with van der Waals surface area (Å²) in [7, 11) is 1.34. The van der Waals surface area contributed by atoms with E-state index in [1.165, 1.54) is 7.11 Å². The molecule has 0 spiro atoms. The van der Waals surface area contributed by atoms with Crippen LogP contribution in [0.3, 0.4) is 0 Å². The van der Waals surface area contributed by atoms with Gasteiger partial charge < -0.3 is 15.4 Å². The van der Waals surface area contributed by atoms with E-state index in [2.05, 4.69) is 17.6 Å². The smallest absolute Gasteiger partial charge is 0.328 e. The third-order valence-corrected chi connectivity index (χ3v) is 3.40. The minimum atomic E-state index is -0.568. The van der Waals surface area contributed by atoms with E-state index >= 15 is 0 Å². The normalized spacial score (nSPS) is 25.6. The number of hydrogen-bond acceptors (Lipinski definition) is 4. The van der Waals surface area contributed by atoms with Gasteiger partial charge in [0.05, 0.1) is 13.2 Å². The highest BCUT2D eigenvalue weighted by Gasteiger charge is 2.30. The molecule has 104 valence electrons. The van der Waals surface area contributed by atoms with Crippen LogP contribution in [0, 0.1) is 11.8 Å². The van der Waals surface area contributed by atoms with Crippen molar-refractivity contribution in [1.82, 2.24) is 10.6 Å². The largest absolute Gasteiger partial charge is 0.467 e. The Morgan fingerprint density at radius 2 is 2.06 bits per heavy atom. The molecule has 1 saturated heterocycles. The zero-order chi connectivity index (χ0) is 13.7. The van der Waals surface area contributed by atoms with Crippen molar-refractivity contribution >= 4 is 11.9 Å². The SMILES string of the molecule is COC(=O)C(NC(=O)C1CC(C)CCN1)C(C)C. The molecule has 3 atom stereocenters. The predicted molar refractivity (Wildman–Crippen MR) is 69.0 cm³/mol. The first-order valence-corrected chi connectivity index (χ1v) is 6.57. The van der Waals surface area contributed by atoms with Gasteiger partial charge in [-0.25, -0.2) is 4.79 Å². The van der Waals surface area contributed by atoms with E-state index in [1.807, 2.05) is 13.8 Å². The second-order valence-corrected chi connectivity index (χ2v) is 5.39. The molecule has 1 rings (SSSR count). The molecular weight excluding hydrogens is 232 g/mol. The van der Waals surface area contributed by atoms with Crippen LogP contribution in [-0.4, -0.2) is 37.6 Å². The van der Waals surface area contributed by atoms with E-state index in [9.17, 15) is 9.59 Å². The Morgan fingerprint density at radius 3 is 2.56 bits per heavy atom. The molecule has 0 aromatic rings. The lowest BCUT2D eigenvalue weighted by Gasteiger charge is -2.29. The van der Waals surface area contributed by atoms with Crippen LogP contribution in [0.2, 0.25) is 0 Å². The molecule has 2 N–H and O–H groups in total. The van der Waals surface area contributed by atoms with Gasteiger partial charge >= 0.3 is 5.97 Å². The maximum absolute atomic E-state index is 12.1. The Kier molecular flexibility index (Phi) is 5.59. The molecular formula is C13H24N2O3. The van der Waals surface area contributed by atoms with Crippen LogP contribution in [0.5, 0.6) is 0 Å². The monoisotopic (exact) mass is 256 g/mol. The Hall–Kier alpha value is -1.10. The second kappa shape index (κ2) is 6.73. The number of ether oxygens (including phenoxy) is 1. The molecule has 0 aromatic heterocycles. The number of amides is 1. The standard InChI is InChI=1S/C13H24N2O3/c1-8(2)11(13(17)18-4)15-12(16)10-7-9(3)5-6-14-10/h8-11,14H,5-7H2,1-4H3,(H,15,16). The van der Waals surface area contributed by atoms with Gasteiger partial charge in [0.1, 0.15) is 6.04 Å². The fourth-order valence-corrected chi connectivity index (χ4v) is 2.19. The highest BCUT2D eigenvalue weighted by Crippen LogP contribution is 2.15. The van der Waals surface area contributed by atoms with Gasteiger partial charge in [-0.2, -0.15) is 0 Å². The number of esters is 1. The molecule has 5 heteroatoms. The van der Waals surface area contributed by atoms with Gasteiger partial charge in [-0.1, -0.05) is 20.8 Å². The molecule has 1 fully saturated rings. The summed E-state index contributed by atoms with van der Waals surface area (Å²) in [6.45, 7) is 6.77. The van der Waals surface area contributed by atoms with Crippen LogP contribution in [0.25, 0.3) is 0 Å². The summed E-state index contributed by atoms with van der Waals surface area (Å²) in [6.07, 6.45) is 1.91. The molecule has 0 saturated carbocycles. The van der Waals surface area contributed by atoms with Crippen molar-refractivity contribution in [3.05, 3.63) is 0 Å². The predicted octanol–water partition coefficient (Wildman–Crippen LogP) is 0.688. The minimum Gasteiger partial charge on any atom is -0.467 e. The quantitative estimate of drug-likeness (QED) is 0.726. The molecule has 1 aliphatic rings. The topological polar surface area (TPSA) is 67.4 Å². The van der Waals surface area contributed by atoms with Gasteiger partial charge in [-0.3, -0.25) is 4.79 Å². The number of carbonyl (C=O) groups excluding carboxylic acids is 2. The van der Waals surface area contributed by atoms with Crippen LogP contribution >= 0.6 is 0 Å². The molecule has 1 amide bonds. The molecule has 1 aliphatic heterocycles. The molecule has 0 bridgehead atoms. The highest BCUT2D eigenvalue weighted by atomic mass is 16.5. The molecule has 0 aromatic carbocycles. The minimum absolute atomic E-state index is 0.0161. The Bertz CT molecular complexity index is 305. The van der Waals surface area contributed by atoms with Gasteiger partial charge in [-0.15, -0.1) is 0 Å². The van der Waals surface area contributed by atoms with Crippen LogP contribution in [-0.2, 0) is 14.3 Å². The van der Waals surface area contributed by atoms with E-state index in [0.29, 0.717) is 5.92 Å². The van der Waals surface area contributed by atoms with Crippen molar-refractivity contribution in [1.29, 1.82) is 0 Å². The van der Waals surface area contributed by atoms with Gasteiger partial charge in [0, 0.05) is 0 Å². The molecule has 1 heterocycles. The van der Waals surface area contributed by atoms with Crippen molar-refractivity contribution in [2.75, 3.05) is 13.7 Å². The number of hydrogen-bond donors (Lipinski definition) is 2. The molecule has 18 heavy (non-hydrogen) atoms. The van der Waals surface area contributed by atoms with Gasteiger partial charge in [0.15, 0.2) is 0 Å². The first kappa shape index (κ1) is 15.0. The Balaban J connectivity index is 2.58. The fraction of sp³-hybridized carbons (Fsp3) is 0.846. The van der Waals surface area contributed by atoms with Crippen molar-refractivity contribution in [3.8, 4) is 0 Å². The van der Waals surface area contributed by atoms with E-state index in [-0.39, 0.29) is 23.8 Å². The van der Waals surface area contributed by atoms with E-state index < -0.39 is 6.04 Å². The van der Waals surface area contributed by atoms with Gasteiger partial charge in [0.2, 0.25) is 5.91 Å². The van der Waals surface area contributed by atoms with E-state index in [0.717, 1.165) is 19.4 Å². The number of rotatable bonds is 4. The summed E-state index contributed by atoms with van der Waals surface area (Å²) in [6, 6.07) is -0.763. The van der Waals surface area contributed by atoms with Gasteiger partial charge in [-0.05, 0) is 31.2 Å². The number of piperidine rings is 1. The first-order valence-electron chi connectivity index (χ1n) is 6.57. The van der Waals surface area contributed by atoms with E-state index in [1.54, 1.807) is 0 Å². The number of nitrogens with one attached hydrogen (secondary N) is 2. The Labute approximate surface area is 109 Å². The molecule has 3 unspecified atom stereocenters. The second-order valence-electron chi connectivity index (χ2n) is 5.39. The van der Waals surface area contributed by atoms with Crippen molar-refractivity contribution in [2.24, 2.45) is 11.8 Å². The van der Waals surface area contributed by atoms with Crippen LogP contribution in [0.4, 0.5) is 0 Å². The number of carbonyl (C=O) groups is 2. The van der Waals surface area contributed by atoms with Crippen LogP contribution < -0.4 is 10.6 Å².